The molecule has 1 aromatic carbocycles. The summed E-state index contributed by atoms with van der Waals surface area (Å²) in [5.41, 5.74) is 1.37. The van der Waals surface area contributed by atoms with Gasteiger partial charge in [0.25, 0.3) is 5.91 Å². The van der Waals surface area contributed by atoms with E-state index in [0.29, 0.717) is 13.0 Å². The fraction of sp³-hybridized carbons (Fsp3) is 0.316. The highest BCUT2D eigenvalue weighted by Gasteiger charge is 2.13. The van der Waals surface area contributed by atoms with Gasteiger partial charge in [0.1, 0.15) is 12.4 Å². The van der Waals surface area contributed by atoms with Gasteiger partial charge in [-0.3, -0.25) is 9.59 Å². The number of hydrogen-bond donors (Lipinski definition) is 1. The van der Waals surface area contributed by atoms with E-state index in [1.54, 1.807) is 20.3 Å². The molecule has 0 radical (unpaired) electrons. The van der Waals surface area contributed by atoms with Gasteiger partial charge >= 0.3 is 0 Å². The van der Waals surface area contributed by atoms with E-state index in [1.807, 2.05) is 24.4 Å². The fourth-order valence-corrected chi connectivity index (χ4v) is 2.63. The molecule has 0 spiro atoms. The van der Waals surface area contributed by atoms with Gasteiger partial charge in [0.05, 0.1) is 6.20 Å². The normalized spacial score (nSPS) is 10.6. The molecule has 9 heteroatoms. The Kier molecular flexibility index (Phi) is 6.15. The van der Waals surface area contributed by atoms with E-state index in [0.717, 1.165) is 12.4 Å². The molecule has 9 nitrogen and oxygen atoms in total. The van der Waals surface area contributed by atoms with E-state index in [4.69, 9.17) is 0 Å². The van der Waals surface area contributed by atoms with Gasteiger partial charge in [-0.25, -0.2) is 9.67 Å². The highest BCUT2D eigenvalue weighted by molar-refractivity contribution is 5.91. The number of amides is 2. The zero-order valence-electron chi connectivity index (χ0n) is 15.9. The summed E-state index contributed by atoms with van der Waals surface area (Å²) in [4.78, 5) is 29.7. The van der Waals surface area contributed by atoms with Crippen LogP contribution in [0.1, 0.15) is 21.9 Å². The highest BCUT2D eigenvalue weighted by atomic mass is 16.2. The third-order valence-corrected chi connectivity index (χ3v) is 4.20. The summed E-state index contributed by atoms with van der Waals surface area (Å²) in [6, 6.07) is 10.1. The number of imidazole rings is 1. The number of carbonyl (C=O) groups excluding carboxylic acids is 2. The lowest BCUT2D eigenvalue weighted by atomic mass is 10.2. The maximum Gasteiger partial charge on any atom is 0.273 e. The van der Waals surface area contributed by atoms with Gasteiger partial charge in [-0.1, -0.05) is 35.5 Å². The number of carbonyl (C=O) groups is 2. The van der Waals surface area contributed by atoms with Gasteiger partial charge in [0, 0.05) is 46.0 Å². The molecule has 2 amide bonds. The van der Waals surface area contributed by atoms with Crippen molar-refractivity contribution in [3.8, 4) is 0 Å². The molecule has 1 N–H and O–H groups in total. The first-order valence-corrected chi connectivity index (χ1v) is 8.95. The molecule has 0 saturated heterocycles. The maximum atomic E-state index is 12.2. The molecule has 2 heterocycles. The Balaban J connectivity index is 1.50. The van der Waals surface area contributed by atoms with Gasteiger partial charge in [-0.2, -0.15) is 0 Å². The summed E-state index contributed by atoms with van der Waals surface area (Å²) in [6.07, 6.45) is 5.75. The molecule has 0 saturated carbocycles. The minimum atomic E-state index is -0.329. The number of hydrogen-bond acceptors (Lipinski definition) is 5. The largest absolute Gasteiger partial charge is 0.350 e. The van der Waals surface area contributed by atoms with Crippen molar-refractivity contribution in [1.29, 1.82) is 0 Å². The SMILES string of the molecule is CN(C)C(=O)Cn1cc(C(=O)NCCc2nccn2Cc2ccccc2)nn1. The minimum Gasteiger partial charge on any atom is -0.350 e. The number of nitrogens with one attached hydrogen (secondary N) is 1. The summed E-state index contributed by atoms with van der Waals surface area (Å²) in [5.74, 6) is 0.441. The van der Waals surface area contributed by atoms with Gasteiger partial charge < -0.3 is 14.8 Å². The van der Waals surface area contributed by atoms with Crippen LogP contribution in [0.3, 0.4) is 0 Å². The van der Waals surface area contributed by atoms with Crippen LogP contribution in [-0.2, 0) is 24.3 Å². The third-order valence-electron chi connectivity index (χ3n) is 4.20. The Bertz CT molecular complexity index is 931. The van der Waals surface area contributed by atoms with E-state index in [9.17, 15) is 9.59 Å². The lowest BCUT2D eigenvalue weighted by molar-refractivity contribution is -0.129. The Morgan fingerprint density at radius 2 is 1.96 bits per heavy atom. The smallest absolute Gasteiger partial charge is 0.273 e. The Morgan fingerprint density at radius 1 is 1.18 bits per heavy atom. The van der Waals surface area contributed by atoms with Crippen LogP contribution in [0.25, 0.3) is 0 Å². The standard InChI is InChI=1S/C19H23N7O2/c1-24(2)18(27)14-26-13-16(22-23-26)19(28)21-9-8-17-20-10-11-25(17)12-15-6-4-3-5-7-15/h3-7,10-11,13H,8-9,12,14H2,1-2H3,(H,21,28). The average Bonchev–Trinajstić information content (AvgIpc) is 3.32. The van der Waals surface area contributed by atoms with E-state index in [1.165, 1.54) is 21.3 Å². The first-order chi connectivity index (χ1) is 13.5. The van der Waals surface area contributed by atoms with Gasteiger partial charge in [-0.05, 0) is 5.56 Å². The van der Waals surface area contributed by atoms with Crippen molar-refractivity contribution < 1.29 is 9.59 Å². The van der Waals surface area contributed by atoms with Gasteiger partial charge in [-0.15, -0.1) is 5.10 Å². The second-order valence-corrected chi connectivity index (χ2v) is 6.55. The van der Waals surface area contributed by atoms with Crippen molar-refractivity contribution in [3.63, 3.8) is 0 Å². The fourth-order valence-electron chi connectivity index (χ4n) is 2.63. The minimum absolute atomic E-state index is 0.0458. The van der Waals surface area contributed by atoms with Crippen molar-refractivity contribution in [3.05, 3.63) is 66.0 Å². The molecule has 146 valence electrons. The lowest BCUT2D eigenvalue weighted by Gasteiger charge is -2.09. The summed E-state index contributed by atoms with van der Waals surface area (Å²) in [6.45, 7) is 1.21. The van der Waals surface area contributed by atoms with E-state index >= 15 is 0 Å². The van der Waals surface area contributed by atoms with E-state index in [-0.39, 0.29) is 24.1 Å². The molecule has 0 bridgehead atoms. The molecule has 0 atom stereocenters. The number of likely N-dealkylation sites (N-methyl/N-ethyl adjacent to an activating group) is 1. The second kappa shape index (κ2) is 8.94. The molecule has 0 aliphatic rings. The van der Waals surface area contributed by atoms with Crippen LogP contribution in [0, 0.1) is 0 Å². The predicted octanol–water partition coefficient (Wildman–Crippen LogP) is 0.584. The lowest BCUT2D eigenvalue weighted by Crippen LogP contribution is -2.27. The van der Waals surface area contributed by atoms with E-state index in [2.05, 4.69) is 37.3 Å². The molecular weight excluding hydrogens is 358 g/mol. The number of benzene rings is 1. The van der Waals surface area contributed by atoms with Crippen LogP contribution in [0.4, 0.5) is 0 Å². The molecule has 2 aromatic heterocycles. The number of rotatable bonds is 8. The first-order valence-electron chi connectivity index (χ1n) is 8.95. The predicted molar refractivity (Wildman–Crippen MR) is 103 cm³/mol. The van der Waals surface area contributed by atoms with Crippen LogP contribution in [0.2, 0.25) is 0 Å². The van der Waals surface area contributed by atoms with Crippen molar-refractivity contribution in [2.45, 2.75) is 19.5 Å². The van der Waals surface area contributed by atoms with E-state index < -0.39 is 0 Å². The maximum absolute atomic E-state index is 12.2. The molecular formula is C19H23N7O2. The summed E-state index contributed by atoms with van der Waals surface area (Å²) in [5, 5.41) is 10.5. The zero-order valence-corrected chi connectivity index (χ0v) is 15.9. The molecule has 0 aliphatic carbocycles. The summed E-state index contributed by atoms with van der Waals surface area (Å²) in [7, 11) is 3.32. The van der Waals surface area contributed by atoms with Gasteiger partial charge in [0.2, 0.25) is 5.91 Å². The zero-order chi connectivity index (χ0) is 19.9. The highest BCUT2D eigenvalue weighted by Crippen LogP contribution is 2.06. The van der Waals surface area contributed by atoms with Crippen molar-refractivity contribution in [2.75, 3.05) is 20.6 Å². The Hall–Kier alpha value is -3.49. The second-order valence-electron chi connectivity index (χ2n) is 6.55. The summed E-state index contributed by atoms with van der Waals surface area (Å²) < 4.78 is 3.41. The molecule has 3 aromatic rings. The van der Waals surface area contributed by atoms with Crippen LogP contribution in [-0.4, -0.2) is 61.9 Å². The number of aromatic nitrogens is 5. The monoisotopic (exact) mass is 381 g/mol. The van der Waals surface area contributed by atoms with Crippen molar-refractivity contribution >= 4 is 11.8 Å². The topological polar surface area (TPSA) is 97.9 Å². The molecule has 0 fully saturated rings. The molecule has 0 unspecified atom stereocenters. The first kappa shape index (κ1) is 19.3. The average molecular weight is 381 g/mol. The Labute approximate surface area is 163 Å². The quantitative estimate of drug-likeness (QED) is 0.616. The number of nitrogens with zero attached hydrogens (tertiary/aromatic N) is 6. The Morgan fingerprint density at radius 3 is 2.71 bits per heavy atom. The van der Waals surface area contributed by atoms with Crippen LogP contribution in [0.5, 0.6) is 0 Å². The summed E-state index contributed by atoms with van der Waals surface area (Å²) >= 11 is 0. The third kappa shape index (κ3) is 5.03. The van der Waals surface area contributed by atoms with Crippen LogP contribution < -0.4 is 5.32 Å². The molecule has 3 rings (SSSR count). The van der Waals surface area contributed by atoms with Gasteiger partial charge in [0.15, 0.2) is 5.69 Å². The molecule has 0 aliphatic heterocycles. The van der Waals surface area contributed by atoms with Crippen molar-refractivity contribution in [2.24, 2.45) is 0 Å². The van der Waals surface area contributed by atoms with Crippen LogP contribution in [0.15, 0.2) is 48.9 Å². The van der Waals surface area contributed by atoms with Crippen LogP contribution >= 0.6 is 0 Å². The van der Waals surface area contributed by atoms with Crippen molar-refractivity contribution in [1.82, 2.24) is 34.8 Å². The molecule has 28 heavy (non-hydrogen) atoms.